The number of carbonyl (C=O) groups is 1. The van der Waals surface area contributed by atoms with E-state index in [1.807, 2.05) is 0 Å². The van der Waals surface area contributed by atoms with Gasteiger partial charge >= 0.3 is 5.97 Å². The highest BCUT2D eigenvalue weighted by molar-refractivity contribution is 7.89. The predicted molar refractivity (Wildman–Crippen MR) is 92.9 cm³/mol. The summed E-state index contributed by atoms with van der Waals surface area (Å²) < 4.78 is 30.5. The van der Waals surface area contributed by atoms with Gasteiger partial charge < -0.3 is 4.74 Å². The summed E-state index contributed by atoms with van der Waals surface area (Å²) in [6, 6.07) is 10.6. The van der Waals surface area contributed by atoms with Crippen LogP contribution in [0.2, 0.25) is 10.0 Å². The molecule has 0 aliphatic rings. The van der Waals surface area contributed by atoms with Crippen molar-refractivity contribution in [2.24, 2.45) is 0 Å². The summed E-state index contributed by atoms with van der Waals surface area (Å²) in [5.74, 6) is -0.597. The average molecular weight is 388 g/mol. The van der Waals surface area contributed by atoms with E-state index in [0.717, 1.165) is 4.31 Å². The topological polar surface area (TPSA) is 63.7 Å². The molecule has 0 unspecified atom stereocenters. The Kier molecular flexibility index (Phi) is 5.87. The van der Waals surface area contributed by atoms with Crippen molar-refractivity contribution >= 4 is 39.2 Å². The van der Waals surface area contributed by atoms with Crippen LogP contribution < -0.4 is 0 Å². The zero-order valence-electron chi connectivity index (χ0n) is 13.0. The van der Waals surface area contributed by atoms with Crippen molar-refractivity contribution in [3.8, 4) is 0 Å². The van der Waals surface area contributed by atoms with E-state index in [9.17, 15) is 13.2 Å². The highest BCUT2D eigenvalue weighted by Crippen LogP contribution is 2.20. The molecule has 0 atom stereocenters. The quantitative estimate of drug-likeness (QED) is 0.735. The van der Waals surface area contributed by atoms with Crippen LogP contribution in [0.3, 0.4) is 0 Å². The molecule has 2 aromatic carbocycles. The molecule has 2 rings (SSSR count). The number of halogens is 2. The van der Waals surface area contributed by atoms with Crippen LogP contribution in [-0.4, -0.2) is 32.8 Å². The minimum atomic E-state index is -3.54. The van der Waals surface area contributed by atoms with E-state index in [0.29, 0.717) is 15.6 Å². The van der Waals surface area contributed by atoms with Crippen LogP contribution in [0.5, 0.6) is 0 Å². The summed E-state index contributed by atoms with van der Waals surface area (Å²) in [4.78, 5) is 12.2. The first-order valence-corrected chi connectivity index (χ1v) is 9.04. The Labute approximate surface area is 150 Å². The monoisotopic (exact) mass is 387 g/mol. The molecule has 0 N–H and O–H groups in total. The number of benzene rings is 2. The lowest BCUT2D eigenvalue weighted by Gasteiger charge is -2.12. The summed E-state index contributed by atoms with van der Waals surface area (Å²) in [5, 5.41) is 0.655. The number of carbonyl (C=O) groups excluding carboxylic acids is 1. The molecule has 0 spiro atoms. The number of rotatable bonds is 5. The maximum atomic E-state index is 12.1. The molecule has 0 aliphatic carbocycles. The average Bonchev–Trinajstić information content (AvgIpc) is 2.51. The summed E-state index contributed by atoms with van der Waals surface area (Å²) in [5.41, 5.74) is 0.781. The fourth-order valence-electron chi connectivity index (χ4n) is 1.91. The molecule has 128 valence electrons. The first kappa shape index (κ1) is 18.7. The van der Waals surface area contributed by atoms with E-state index in [2.05, 4.69) is 0 Å². The van der Waals surface area contributed by atoms with Gasteiger partial charge in [-0.2, -0.15) is 0 Å². The van der Waals surface area contributed by atoms with Gasteiger partial charge in [0.1, 0.15) is 6.61 Å². The molecule has 0 radical (unpaired) electrons. The molecule has 24 heavy (non-hydrogen) atoms. The van der Waals surface area contributed by atoms with E-state index >= 15 is 0 Å². The van der Waals surface area contributed by atoms with Crippen molar-refractivity contribution in [1.82, 2.24) is 4.31 Å². The predicted octanol–water partition coefficient (Wildman–Crippen LogP) is 3.60. The van der Waals surface area contributed by atoms with Crippen LogP contribution >= 0.6 is 23.2 Å². The molecular formula is C16H15Cl2NO4S. The van der Waals surface area contributed by atoms with Crippen molar-refractivity contribution in [2.75, 3.05) is 14.1 Å². The second-order valence-electron chi connectivity index (χ2n) is 5.17. The van der Waals surface area contributed by atoms with Crippen LogP contribution in [-0.2, 0) is 21.4 Å². The third kappa shape index (κ3) is 4.48. The molecular weight excluding hydrogens is 373 g/mol. The second kappa shape index (κ2) is 7.53. The van der Waals surface area contributed by atoms with Gasteiger partial charge in [0.2, 0.25) is 10.0 Å². The Morgan fingerprint density at radius 3 is 2.29 bits per heavy atom. The molecule has 0 saturated carbocycles. The van der Waals surface area contributed by atoms with Gasteiger partial charge in [0, 0.05) is 24.1 Å². The highest BCUT2D eigenvalue weighted by Gasteiger charge is 2.17. The van der Waals surface area contributed by atoms with Crippen molar-refractivity contribution in [1.29, 1.82) is 0 Å². The Balaban J connectivity index is 2.14. The molecule has 0 saturated heterocycles. The van der Waals surface area contributed by atoms with E-state index in [-0.39, 0.29) is 17.1 Å². The first-order chi connectivity index (χ1) is 11.2. The van der Waals surface area contributed by atoms with Crippen LogP contribution in [0, 0.1) is 0 Å². The van der Waals surface area contributed by atoms with Gasteiger partial charge in [-0.05, 0) is 35.9 Å². The van der Waals surface area contributed by atoms with Crippen LogP contribution in [0.1, 0.15) is 15.9 Å². The van der Waals surface area contributed by atoms with E-state index in [4.69, 9.17) is 27.9 Å². The molecule has 0 heterocycles. The molecule has 0 fully saturated rings. The Morgan fingerprint density at radius 2 is 1.71 bits per heavy atom. The minimum absolute atomic E-state index is 0.0697. The van der Waals surface area contributed by atoms with Gasteiger partial charge in [0.15, 0.2) is 0 Å². The Hall–Kier alpha value is -1.60. The molecule has 2 aromatic rings. The molecule has 0 aliphatic heterocycles. The van der Waals surface area contributed by atoms with Crippen molar-refractivity contribution < 1.29 is 17.9 Å². The lowest BCUT2D eigenvalue weighted by Crippen LogP contribution is -2.22. The fourth-order valence-corrected chi connectivity index (χ4v) is 3.41. The largest absolute Gasteiger partial charge is 0.457 e. The molecule has 0 aromatic heterocycles. The smallest absolute Gasteiger partial charge is 0.338 e. The maximum Gasteiger partial charge on any atom is 0.338 e. The second-order valence-corrected chi connectivity index (χ2v) is 8.19. The molecule has 5 nitrogen and oxygen atoms in total. The van der Waals surface area contributed by atoms with Crippen molar-refractivity contribution in [2.45, 2.75) is 11.5 Å². The standard InChI is InChI=1S/C16H15Cl2NO4S/c1-19(2)24(21,22)15-5-3-4-11(6-15)10-23-16(20)12-7-13(17)9-14(18)8-12/h3-9H,10H2,1-2H3. The third-order valence-electron chi connectivity index (χ3n) is 3.15. The number of nitrogens with zero attached hydrogens (tertiary/aromatic N) is 1. The van der Waals surface area contributed by atoms with Crippen molar-refractivity contribution in [3.63, 3.8) is 0 Å². The van der Waals surface area contributed by atoms with E-state index in [1.54, 1.807) is 12.1 Å². The highest BCUT2D eigenvalue weighted by atomic mass is 35.5. The summed E-state index contributed by atoms with van der Waals surface area (Å²) in [6.45, 7) is -0.0697. The summed E-state index contributed by atoms with van der Waals surface area (Å²) in [6.07, 6.45) is 0. The Bertz CT molecular complexity index is 846. The fraction of sp³-hybridized carbons (Fsp3) is 0.188. The maximum absolute atomic E-state index is 12.1. The number of esters is 1. The number of sulfonamides is 1. The number of hydrogen-bond donors (Lipinski definition) is 0. The first-order valence-electron chi connectivity index (χ1n) is 6.85. The number of ether oxygens (including phenoxy) is 1. The van der Waals surface area contributed by atoms with Crippen molar-refractivity contribution in [3.05, 3.63) is 63.6 Å². The molecule has 8 heteroatoms. The van der Waals surface area contributed by atoms with Gasteiger partial charge in [-0.15, -0.1) is 0 Å². The van der Waals surface area contributed by atoms with Gasteiger partial charge in [0.25, 0.3) is 0 Å². The lowest BCUT2D eigenvalue weighted by atomic mass is 10.2. The van der Waals surface area contributed by atoms with Gasteiger partial charge in [0.05, 0.1) is 10.5 Å². The summed E-state index contributed by atoms with van der Waals surface area (Å²) in [7, 11) is -0.645. The lowest BCUT2D eigenvalue weighted by molar-refractivity contribution is 0.0472. The Morgan fingerprint density at radius 1 is 1.08 bits per heavy atom. The van der Waals surface area contributed by atoms with Crippen LogP contribution in [0.25, 0.3) is 0 Å². The third-order valence-corrected chi connectivity index (χ3v) is 5.39. The van der Waals surface area contributed by atoms with Gasteiger partial charge in [-0.25, -0.2) is 17.5 Å². The summed E-state index contributed by atoms with van der Waals surface area (Å²) >= 11 is 11.7. The van der Waals surface area contributed by atoms with Crippen LogP contribution in [0.4, 0.5) is 0 Å². The SMILES string of the molecule is CN(C)S(=O)(=O)c1cccc(COC(=O)c2cc(Cl)cc(Cl)c2)c1. The normalized spacial score (nSPS) is 11.5. The zero-order valence-corrected chi connectivity index (χ0v) is 15.3. The van der Waals surface area contributed by atoms with E-state index < -0.39 is 16.0 Å². The van der Waals surface area contributed by atoms with Crippen LogP contribution in [0.15, 0.2) is 47.4 Å². The molecule has 0 bridgehead atoms. The molecule has 0 amide bonds. The van der Waals surface area contributed by atoms with Gasteiger partial charge in [-0.3, -0.25) is 0 Å². The zero-order chi connectivity index (χ0) is 17.9. The minimum Gasteiger partial charge on any atom is -0.457 e. The van der Waals surface area contributed by atoms with Gasteiger partial charge in [-0.1, -0.05) is 35.3 Å². The number of hydrogen-bond acceptors (Lipinski definition) is 4. The van der Waals surface area contributed by atoms with E-state index in [1.165, 1.54) is 44.4 Å².